The fraction of sp³-hybridized carbons (Fsp3) is 0. The summed E-state index contributed by atoms with van der Waals surface area (Å²) in [6, 6.07) is 7.38. The molecule has 1 heterocycles. The Morgan fingerprint density at radius 3 is 2.47 bits per heavy atom. The first kappa shape index (κ1) is 12.9. The molecule has 3 amide bonds. The molecule has 0 aliphatic heterocycles. The number of amides is 3. The number of primary amides is 2. The molecule has 0 aliphatic rings. The maximum atomic E-state index is 11.3. The SMILES string of the molecule is NC(=O)Nc1sc(-c2ccccc2O)cc1C(N)=O. The number of phenols is 1. The quantitative estimate of drug-likeness (QED) is 0.683. The number of rotatable bonds is 3. The number of hydrogen-bond donors (Lipinski definition) is 4. The Hall–Kier alpha value is -2.54. The van der Waals surface area contributed by atoms with Crippen LogP contribution in [-0.2, 0) is 0 Å². The topological polar surface area (TPSA) is 118 Å². The predicted octanol–water partition coefficient (Wildman–Crippen LogP) is 1.71. The highest BCUT2D eigenvalue weighted by atomic mass is 32.1. The normalized spacial score (nSPS) is 10.1. The lowest BCUT2D eigenvalue weighted by molar-refractivity contribution is 0.100. The summed E-state index contributed by atoms with van der Waals surface area (Å²) in [5, 5.41) is 12.4. The highest BCUT2D eigenvalue weighted by Gasteiger charge is 2.17. The molecule has 0 aliphatic carbocycles. The van der Waals surface area contributed by atoms with Crippen molar-refractivity contribution in [3.05, 3.63) is 35.9 Å². The Bertz CT molecular complexity index is 651. The van der Waals surface area contributed by atoms with Crippen LogP contribution in [0.5, 0.6) is 5.75 Å². The van der Waals surface area contributed by atoms with Crippen molar-refractivity contribution < 1.29 is 14.7 Å². The monoisotopic (exact) mass is 277 g/mol. The lowest BCUT2D eigenvalue weighted by Gasteiger charge is -2.00. The molecule has 2 rings (SSSR count). The number of hydrogen-bond acceptors (Lipinski definition) is 4. The number of urea groups is 1. The van der Waals surface area contributed by atoms with Crippen LogP contribution in [0.3, 0.4) is 0 Å². The minimum atomic E-state index is -0.784. The molecule has 6 nitrogen and oxygen atoms in total. The number of nitrogens with two attached hydrogens (primary N) is 2. The van der Waals surface area contributed by atoms with E-state index < -0.39 is 11.9 Å². The summed E-state index contributed by atoms with van der Waals surface area (Å²) >= 11 is 1.11. The zero-order valence-corrected chi connectivity index (χ0v) is 10.5. The van der Waals surface area contributed by atoms with Gasteiger partial charge in [-0.3, -0.25) is 10.1 Å². The second kappa shape index (κ2) is 4.99. The van der Waals surface area contributed by atoms with Crippen molar-refractivity contribution in [2.75, 3.05) is 5.32 Å². The summed E-state index contributed by atoms with van der Waals surface area (Å²) < 4.78 is 0. The molecule has 2 aromatic rings. The maximum Gasteiger partial charge on any atom is 0.317 e. The van der Waals surface area contributed by atoms with E-state index in [0.717, 1.165) is 11.3 Å². The van der Waals surface area contributed by atoms with Crippen molar-refractivity contribution in [2.24, 2.45) is 11.5 Å². The summed E-state index contributed by atoms with van der Waals surface area (Å²) in [5.74, 6) is -0.605. The van der Waals surface area contributed by atoms with Gasteiger partial charge in [0.15, 0.2) is 0 Å². The van der Waals surface area contributed by atoms with Gasteiger partial charge in [0.05, 0.1) is 5.56 Å². The molecule has 19 heavy (non-hydrogen) atoms. The molecule has 98 valence electrons. The van der Waals surface area contributed by atoms with E-state index in [4.69, 9.17) is 11.5 Å². The first-order valence-electron chi connectivity index (χ1n) is 5.27. The van der Waals surface area contributed by atoms with Gasteiger partial charge in [-0.2, -0.15) is 0 Å². The number of thiophene rings is 1. The molecule has 7 heteroatoms. The number of carbonyl (C=O) groups excluding carboxylic acids is 2. The lowest BCUT2D eigenvalue weighted by Crippen LogP contribution is -2.21. The largest absolute Gasteiger partial charge is 0.507 e. The molecule has 0 unspecified atom stereocenters. The summed E-state index contributed by atoms with van der Waals surface area (Å²) in [7, 11) is 0. The van der Waals surface area contributed by atoms with Gasteiger partial charge in [-0.05, 0) is 18.2 Å². The van der Waals surface area contributed by atoms with E-state index in [-0.39, 0.29) is 16.3 Å². The molecule has 0 radical (unpaired) electrons. The van der Waals surface area contributed by atoms with Gasteiger partial charge in [-0.25, -0.2) is 4.79 Å². The highest BCUT2D eigenvalue weighted by Crippen LogP contribution is 2.38. The number of aromatic hydroxyl groups is 1. The van der Waals surface area contributed by atoms with Gasteiger partial charge in [0.2, 0.25) is 0 Å². The lowest BCUT2D eigenvalue weighted by atomic mass is 10.1. The number of para-hydroxylation sites is 1. The Morgan fingerprint density at radius 2 is 1.89 bits per heavy atom. The van der Waals surface area contributed by atoms with E-state index in [2.05, 4.69) is 5.32 Å². The average molecular weight is 277 g/mol. The number of anilines is 1. The van der Waals surface area contributed by atoms with Crippen LogP contribution in [0.15, 0.2) is 30.3 Å². The van der Waals surface area contributed by atoms with Crippen LogP contribution in [0.4, 0.5) is 9.80 Å². The highest BCUT2D eigenvalue weighted by molar-refractivity contribution is 7.20. The third-order valence-electron chi connectivity index (χ3n) is 2.40. The van der Waals surface area contributed by atoms with E-state index in [9.17, 15) is 14.7 Å². The minimum Gasteiger partial charge on any atom is -0.507 e. The van der Waals surface area contributed by atoms with E-state index >= 15 is 0 Å². The van der Waals surface area contributed by atoms with Gasteiger partial charge in [0.25, 0.3) is 5.91 Å². The second-order valence-corrected chi connectivity index (χ2v) is 4.78. The molecule has 0 spiro atoms. The molecule has 0 bridgehead atoms. The molecule has 0 fully saturated rings. The third-order valence-corrected chi connectivity index (χ3v) is 3.49. The smallest absolute Gasteiger partial charge is 0.317 e. The van der Waals surface area contributed by atoms with Crippen molar-refractivity contribution in [3.8, 4) is 16.2 Å². The maximum absolute atomic E-state index is 11.3. The standard InChI is InChI=1S/C12H11N3O3S/c13-10(17)7-5-9(19-11(7)15-12(14)18)6-3-1-2-4-8(6)16/h1-5,16H,(H2,13,17)(H3,14,15,18). The van der Waals surface area contributed by atoms with Gasteiger partial charge >= 0.3 is 6.03 Å². The third kappa shape index (κ3) is 2.66. The summed E-state index contributed by atoms with van der Waals surface area (Å²) in [4.78, 5) is 22.8. The zero-order valence-electron chi connectivity index (χ0n) is 9.71. The number of phenolic OH excluding ortho intramolecular Hbond substituents is 1. The Morgan fingerprint density at radius 1 is 1.21 bits per heavy atom. The zero-order chi connectivity index (χ0) is 14.0. The minimum absolute atomic E-state index is 0.0744. The molecule has 1 aromatic heterocycles. The van der Waals surface area contributed by atoms with Gasteiger partial charge < -0.3 is 16.6 Å². The van der Waals surface area contributed by atoms with Crippen LogP contribution in [0.25, 0.3) is 10.4 Å². The first-order valence-corrected chi connectivity index (χ1v) is 6.09. The average Bonchev–Trinajstić information content (AvgIpc) is 2.72. The van der Waals surface area contributed by atoms with Gasteiger partial charge in [0, 0.05) is 10.4 Å². The fourth-order valence-electron chi connectivity index (χ4n) is 1.59. The summed E-state index contributed by atoms with van der Waals surface area (Å²) in [6.45, 7) is 0. The Labute approximate surface area is 112 Å². The van der Waals surface area contributed by atoms with Gasteiger partial charge in [0.1, 0.15) is 10.8 Å². The molecule has 1 aromatic carbocycles. The van der Waals surface area contributed by atoms with Crippen LogP contribution in [-0.4, -0.2) is 17.0 Å². The molecule has 6 N–H and O–H groups in total. The Kier molecular flexibility index (Phi) is 3.39. The molecule has 0 atom stereocenters. The van der Waals surface area contributed by atoms with Crippen LogP contribution in [0.1, 0.15) is 10.4 Å². The molecule has 0 saturated carbocycles. The fourth-order valence-corrected chi connectivity index (χ4v) is 2.69. The van der Waals surface area contributed by atoms with Crippen molar-refractivity contribution in [2.45, 2.75) is 0 Å². The van der Waals surface area contributed by atoms with E-state index in [1.807, 2.05) is 0 Å². The van der Waals surface area contributed by atoms with Gasteiger partial charge in [-0.1, -0.05) is 12.1 Å². The van der Waals surface area contributed by atoms with Crippen molar-refractivity contribution in [1.29, 1.82) is 0 Å². The van der Waals surface area contributed by atoms with Crippen LogP contribution >= 0.6 is 11.3 Å². The number of carbonyl (C=O) groups is 2. The summed E-state index contributed by atoms with van der Waals surface area (Å²) in [5.41, 5.74) is 11.0. The molecular formula is C12H11N3O3S. The molecule has 0 saturated heterocycles. The number of benzene rings is 1. The first-order chi connectivity index (χ1) is 8.99. The molecular weight excluding hydrogens is 266 g/mol. The van der Waals surface area contributed by atoms with E-state index in [1.165, 1.54) is 12.1 Å². The summed E-state index contributed by atoms with van der Waals surface area (Å²) in [6.07, 6.45) is 0. The predicted molar refractivity (Wildman–Crippen MR) is 73.1 cm³/mol. The van der Waals surface area contributed by atoms with Crippen LogP contribution < -0.4 is 16.8 Å². The Balaban J connectivity index is 2.52. The van der Waals surface area contributed by atoms with Crippen molar-refractivity contribution in [1.82, 2.24) is 0 Å². The van der Waals surface area contributed by atoms with Crippen LogP contribution in [0, 0.1) is 0 Å². The van der Waals surface area contributed by atoms with Crippen LogP contribution in [0.2, 0.25) is 0 Å². The van der Waals surface area contributed by atoms with E-state index in [0.29, 0.717) is 10.4 Å². The van der Waals surface area contributed by atoms with Crippen molar-refractivity contribution >= 4 is 28.3 Å². The van der Waals surface area contributed by atoms with Crippen molar-refractivity contribution in [3.63, 3.8) is 0 Å². The second-order valence-electron chi connectivity index (χ2n) is 3.72. The van der Waals surface area contributed by atoms with E-state index in [1.54, 1.807) is 18.2 Å². The number of nitrogens with one attached hydrogen (secondary N) is 1. The van der Waals surface area contributed by atoms with Gasteiger partial charge in [-0.15, -0.1) is 11.3 Å².